The fraction of sp³-hybridized carbons (Fsp3) is 0.652. The Morgan fingerprint density at radius 1 is 1.24 bits per heavy atom. The topological polar surface area (TPSA) is 111 Å². The average molecular weight is 474 g/mol. The Bertz CT molecular complexity index is 1030. The molecular weight excluding hydrogens is 442 g/mol. The van der Waals surface area contributed by atoms with Crippen LogP contribution in [-0.4, -0.2) is 76.5 Å². The van der Waals surface area contributed by atoms with Crippen molar-refractivity contribution in [2.45, 2.75) is 69.8 Å². The van der Waals surface area contributed by atoms with Crippen LogP contribution in [0.5, 0.6) is 5.88 Å². The van der Waals surface area contributed by atoms with Gasteiger partial charge in [0.05, 0.1) is 18.5 Å². The molecule has 0 unspecified atom stereocenters. The molecule has 4 heterocycles. The summed E-state index contributed by atoms with van der Waals surface area (Å²) < 4.78 is 12.0. The fourth-order valence-electron chi connectivity index (χ4n) is 5.20. The fourth-order valence-corrected chi connectivity index (χ4v) is 6.28. The van der Waals surface area contributed by atoms with E-state index < -0.39 is 12.0 Å². The zero-order valence-corrected chi connectivity index (χ0v) is 19.8. The van der Waals surface area contributed by atoms with Crippen molar-refractivity contribution in [1.82, 2.24) is 19.8 Å². The van der Waals surface area contributed by atoms with Crippen molar-refractivity contribution < 1.29 is 19.1 Å². The number of amides is 2. The summed E-state index contributed by atoms with van der Waals surface area (Å²) in [7, 11) is 2.06. The number of hydrogen-bond acceptors (Lipinski definition) is 8. The number of hydrogen-bond donors (Lipinski definition) is 1. The highest BCUT2D eigenvalue weighted by Gasteiger charge is 2.31. The van der Waals surface area contributed by atoms with Gasteiger partial charge in [-0.2, -0.15) is 0 Å². The molecule has 0 spiro atoms. The lowest BCUT2D eigenvalue weighted by Gasteiger charge is -2.35. The lowest BCUT2D eigenvalue weighted by Crippen LogP contribution is -2.44. The molecule has 9 nitrogen and oxygen atoms in total. The lowest BCUT2D eigenvalue weighted by atomic mass is 9.92. The predicted octanol–water partition coefficient (Wildman–Crippen LogP) is 1.86. The van der Waals surface area contributed by atoms with Crippen molar-refractivity contribution in [3.8, 4) is 5.88 Å². The minimum absolute atomic E-state index is 0.0735. The minimum atomic E-state index is -0.627. The highest BCUT2D eigenvalue weighted by atomic mass is 32.1. The smallest absolute Gasteiger partial charge is 0.246 e. The Kier molecular flexibility index (Phi) is 6.49. The third-order valence-corrected chi connectivity index (χ3v) is 8.26. The van der Waals surface area contributed by atoms with E-state index in [1.54, 1.807) is 11.3 Å². The molecule has 2 amide bonds. The van der Waals surface area contributed by atoms with Crippen LogP contribution in [0.2, 0.25) is 0 Å². The van der Waals surface area contributed by atoms with E-state index in [1.165, 1.54) is 6.33 Å². The number of ether oxygens (including phenoxy) is 2. The molecule has 1 saturated carbocycles. The maximum atomic E-state index is 12.5. The van der Waals surface area contributed by atoms with Crippen LogP contribution in [-0.2, 0) is 27.4 Å². The molecule has 2 fully saturated rings. The summed E-state index contributed by atoms with van der Waals surface area (Å²) in [6.07, 6.45) is 7.46. The first-order valence-electron chi connectivity index (χ1n) is 11.8. The van der Waals surface area contributed by atoms with Crippen LogP contribution in [0.25, 0.3) is 10.2 Å². The molecule has 2 aromatic rings. The van der Waals surface area contributed by atoms with E-state index in [0.29, 0.717) is 31.5 Å². The van der Waals surface area contributed by atoms with Gasteiger partial charge in [0.25, 0.3) is 0 Å². The van der Waals surface area contributed by atoms with E-state index in [1.807, 2.05) is 4.90 Å². The molecule has 10 heteroatoms. The standard InChI is InChI=1S/C23H31N5O4S/c1-27(11-19(29)28-8-2-3-9-28)14-4-6-15(7-5-14)32-22-20-16-10-17(21(24)30)31-12-18(16)33-23(20)26-13-25-22/h13-15,17H,2-12H2,1H3,(H2,24,30)/t14?,15?,17-/m1/s1. The lowest BCUT2D eigenvalue weighted by molar-refractivity contribution is -0.132. The number of aromatic nitrogens is 2. The summed E-state index contributed by atoms with van der Waals surface area (Å²) in [4.78, 5) is 39.1. The SMILES string of the molecule is CN(CC(=O)N1CCCC1)C1CCC(Oc2ncnc3sc4c(c23)C[C@H](C(N)=O)OC4)CC1. The van der Waals surface area contributed by atoms with Crippen LogP contribution in [0.4, 0.5) is 0 Å². The van der Waals surface area contributed by atoms with Gasteiger partial charge in [0.1, 0.15) is 23.4 Å². The van der Waals surface area contributed by atoms with Gasteiger partial charge in [0, 0.05) is 30.4 Å². The van der Waals surface area contributed by atoms with Crippen LogP contribution >= 0.6 is 11.3 Å². The molecule has 178 valence electrons. The Balaban J connectivity index is 1.22. The number of likely N-dealkylation sites (tertiary alicyclic amines) is 1. The third kappa shape index (κ3) is 4.69. The molecule has 0 bridgehead atoms. The quantitative estimate of drug-likeness (QED) is 0.682. The molecule has 0 aromatic carbocycles. The molecular formula is C23H31N5O4S. The van der Waals surface area contributed by atoms with Gasteiger partial charge in [-0.3, -0.25) is 14.5 Å². The maximum Gasteiger partial charge on any atom is 0.246 e. The molecule has 1 aliphatic carbocycles. The first-order chi connectivity index (χ1) is 16.0. The van der Waals surface area contributed by atoms with Gasteiger partial charge in [-0.05, 0) is 51.1 Å². The van der Waals surface area contributed by atoms with Crippen molar-refractivity contribution >= 4 is 33.4 Å². The van der Waals surface area contributed by atoms with Gasteiger partial charge in [-0.15, -0.1) is 11.3 Å². The molecule has 1 atom stereocenters. The first-order valence-corrected chi connectivity index (χ1v) is 12.6. The highest BCUT2D eigenvalue weighted by Crippen LogP contribution is 2.39. The van der Waals surface area contributed by atoms with E-state index >= 15 is 0 Å². The van der Waals surface area contributed by atoms with Gasteiger partial charge in [-0.1, -0.05) is 0 Å². The molecule has 2 N–H and O–H groups in total. The summed E-state index contributed by atoms with van der Waals surface area (Å²) in [5, 5.41) is 0.891. The first kappa shape index (κ1) is 22.5. The molecule has 0 radical (unpaired) electrons. The maximum absolute atomic E-state index is 12.5. The summed E-state index contributed by atoms with van der Waals surface area (Å²) >= 11 is 1.56. The van der Waals surface area contributed by atoms with E-state index in [2.05, 4.69) is 21.9 Å². The number of nitrogens with zero attached hydrogens (tertiary/aromatic N) is 4. The highest BCUT2D eigenvalue weighted by molar-refractivity contribution is 7.18. The second-order valence-corrected chi connectivity index (χ2v) is 10.4. The minimum Gasteiger partial charge on any atom is -0.474 e. The number of nitrogens with two attached hydrogens (primary N) is 1. The van der Waals surface area contributed by atoms with Crippen molar-refractivity contribution in [3.63, 3.8) is 0 Å². The molecule has 1 saturated heterocycles. The normalized spacial score (nSPS) is 25.4. The largest absolute Gasteiger partial charge is 0.474 e. The Hall–Kier alpha value is -2.30. The van der Waals surface area contributed by atoms with Crippen LogP contribution in [0.15, 0.2) is 6.33 Å². The van der Waals surface area contributed by atoms with Gasteiger partial charge in [0.15, 0.2) is 0 Å². The number of carbonyl (C=O) groups is 2. The summed E-state index contributed by atoms with van der Waals surface area (Å²) in [6, 6.07) is 0.393. The van der Waals surface area contributed by atoms with Crippen LogP contribution in [0.1, 0.15) is 49.0 Å². The number of rotatable bonds is 6. The zero-order chi connectivity index (χ0) is 22.9. The Morgan fingerprint density at radius 2 is 2.00 bits per heavy atom. The van der Waals surface area contributed by atoms with Crippen molar-refractivity contribution in [2.24, 2.45) is 5.73 Å². The molecule has 3 aliphatic rings. The summed E-state index contributed by atoms with van der Waals surface area (Å²) in [5.74, 6) is 0.380. The van der Waals surface area contributed by atoms with Crippen LogP contribution in [0, 0.1) is 0 Å². The summed E-state index contributed by atoms with van der Waals surface area (Å²) in [6.45, 7) is 2.66. The molecule has 2 aliphatic heterocycles. The van der Waals surface area contributed by atoms with E-state index in [-0.39, 0.29) is 12.0 Å². The molecule has 2 aromatic heterocycles. The van der Waals surface area contributed by atoms with Crippen molar-refractivity contribution in [2.75, 3.05) is 26.7 Å². The third-order valence-electron chi connectivity index (χ3n) is 7.15. The predicted molar refractivity (Wildman–Crippen MR) is 124 cm³/mol. The number of thiophene rings is 1. The second kappa shape index (κ2) is 9.52. The van der Waals surface area contributed by atoms with Gasteiger partial charge < -0.3 is 20.1 Å². The number of fused-ring (bicyclic) bond motifs is 3. The Morgan fingerprint density at radius 3 is 2.73 bits per heavy atom. The zero-order valence-electron chi connectivity index (χ0n) is 19.0. The van der Waals surface area contributed by atoms with Crippen LogP contribution < -0.4 is 10.5 Å². The number of primary amides is 1. The number of likely N-dealkylation sites (N-methyl/N-ethyl adjacent to an activating group) is 1. The number of carbonyl (C=O) groups excluding carboxylic acids is 2. The summed E-state index contributed by atoms with van der Waals surface area (Å²) in [5.41, 5.74) is 6.50. The van der Waals surface area contributed by atoms with Gasteiger partial charge >= 0.3 is 0 Å². The van der Waals surface area contributed by atoms with Gasteiger partial charge in [0.2, 0.25) is 17.7 Å². The molecule has 33 heavy (non-hydrogen) atoms. The van der Waals surface area contributed by atoms with E-state index in [9.17, 15) is 9.59 Å². The monoisotopic (exact) mass is 473 g/mol. The Labute approximate surface area is 197 Å². The molecule has 5 rings (SSSR count). The average Bonchev–Trinajstić information content (AvgIpc) is 3.47. The van der Waals surface area contributed by atoms with Crippen LogP contribution in [0.3, 0.4) is 0 Å². The van der Waals surface area contributed by atoms with E-state index in [0.717, 1.165) is 72.3 Å². The van der Waals surface area contributed by atoms with E-state index in [4.69, 9.17) is 15.2 Å². The van der Waals surface area contributed by atoms with Crippen molar-refractivity contribution in [1.29, 1.82) is 0 Å². The second-order valence-electron chi connectivity index (χ2n) is 9.32. The van der Waals surface area contributed by atoms with Crippen molar-refractivity contribution in [3.05, 3.63) is 16.8 Å². The van der Waals surface area contributed by atoms with Gasteiger partial charge in [-0.25, -0.2) is 9.97 Å².